The van der Waals surface area contributed by atoms with Crippen molar-refractivity contribution in [2.45, 2.75) is 25.3 Å². The van der Waals surface area contributed by atoms with E-state index in [1.54, 1.807) is 12.1 Å². The molecule has 1 saturated heterocycles. The molecule has 4 aromatic rings. The number of imidazole rings is 1. The number of aromatic nitrogens is 4. The van der Waals surface area contributed by atoms with Crippen molar-refractivity contribution in [2.24, 2.45) is 0 Å². The average Bonchev–Trinajstić information content (AvgIpc) is 3.37. The average molecular weight is 373 g/mol. The number of benzene rings is 2. The largest absolute Gasteiger partial charge is 0.340 e. The zero-order valence-electron chi connectivity index (χ0n) is 15.2. The lowest BCUT2D eigenvalue weighted by molar-refractivity contribution is -0.131. The molecule has 1 aliphatic rings. The molecule has 1 atom stereocenters. The Hall–Kier alpha value is -3.48. The highest BCUT2D eigenvalue weighted by molar-refractivity contribution is 5.88. The zero-order chi connectivity index (χ0) is 19.1. The maximum Gasteiger partial charge on any atom is 0.272 e. The molecule has 2 aromatic carbocycles. The van der Waals surface area contributed by atoms with E-state index < -0.39 is 0 Å². The van der Waals surface area contributed by atoms with Gasteiger partial charge in [-0.2, -0.15) is 5.10 Å². The van der Waals surface area contributed by atoms with Crippen molar-refractivity contribution in [2.75, 3.05) is 6.54 Å². The van der Waals surface area contributed by atoms with Gasteiger partial charge in [-0.15, -0.1) is 0 Å². The van der Waals surface area contributed by atoms with Crippen LogP contribution in [0.5, 0.6) is 0 Å². The summed E-state index contributed by atoms with van der Waals surface area (Å²) in [5.41, 5.74) is 2.23. The summed E-state index contributed by atoms with van der Waals surface area (Å²) < 4.78 is 0. The first-order valence-electron chi connectivity index (χ1n) is 9.41. The number of aromatic amines is 2. The van der Waals surface area contributed by atoms with Crippen LogP contribution in [0.1, 0.15) is 30.4 Å². The monoisotopic (exact) mass is 373 g/mol. The summed E-state index contributed by atoms with van der Waals surface area (Å²) in [5, 5.41) is 7.92. The van der Waals surface area contributed by atoms with Gasteiger partial charge in [-0.1, -0.05) is 30.3 Å². The summed E-state index contributed by atoms with van der Waals surface area (Å²) in [6.07, 6.45) is 1.96. The van der Waals surface area contributed by atoms with Gasteiger partial charge in [0.25, 0.3) is 5.56 Å². The number of para-hydroxylation sites is 2. The third-order valence-electron chi connectivity index (χ3n) is 5.39. The Labute approximate surface area is 160 Å². The standard InChI is InChI=1S/C21H19N5O2/c27-19(12-17-13-6-1-2-7-14(13)21(28)25-24-17)26-11-5-10-18(26)20-22-15-8-3-4-9-16(15)23-20/h1-4,6-9,18H,5,10-12H2,(H,22,23)(H,25,28)/t18-/m1/s1. The summed E-state index contributed by atoms with van der Waals surface area (Å²) in [7, 11) is 0. The maximum atomic E-state index is 13.1. The Morgan fingerprint density at radius 1 is 1.11 bits per heavy atom. The van der Waals surface area contributed by atoms with Gasteiger partial charge >= 0.3 is 0 Å². The van der Waals surface area contributed by atoms with Crippen LogP contribution in [-0.2, 0) is 11.2 Å². The molecule has 1 amide bonds. The van der Waals surface area contributed by atoms with E-state index in [2.05, 4.69) is 20.2 Å². The zero-order valence-corrected chi connectivity index (χ0v) is 15.2. The van der Waals surface area contributed by atoms with Gasteiger partial charge in [0.15, 0.2) is 0 Å². The molecule has 1 aliphatic heterocycles. The van der Waals surface area contributed by atoms with Crippen LogP contribution in [-0.4, -0.2) is 37.5 Å². The van der Waals surface area contributed by atoms with Crippen LogP contribution < -0.4 is 5.56 Å². The predicted octanol–water partition coefficient (Wildman–Crippen LogP) is 2.71. The van der Waals surface area contributed by atoms with Crippen LogP contribution in [0.15, 0.2) is 53.3 Å². The van der Waals surface area contributed by atoms with Crippen molar-refractivity contribution in [1.29, 1.82) is 0 Å². The summed E-state index contributed by atoms with van der Waals surface area (Å²) in [5.74, 6) is 0.819. The molecule has 5 rings (SSSR count). The molecule has 0 spiro atoms. The lowest BCUT2D eigenvalue weighted by Gasteiger charge is -2.23. The molecule has 0 unspecified atom stereocenters. The minimum absolute atomic E-state index is 0.00680. The van der Waals surface area contributed by atoms with Crippen molar-refractivity contribution in [3.63, 3.8) is 0 Å². The summed E-state index contributed by atoms with van der Waals surface area (Å²) >= 11 is 0. The van der Waals surface area contributed by atoms with Crippen LogP contribution in [0, 0.1) is 0 Å². The second kappa shape index (κ2) is 6.60. The fraction of sp³-hybridized carbons (Fsp3) is 0.238. The number of likely N-dealkylation sites (tertiary alicyclic amines) is 1. The predicted molar refractivity (Wildman–Crippen MR) is 106 cm³/mol. The summed E-state index contributed by atoms with van der Waals surface area (Å²) in [6.45, 7) is 0.696. The number of carbonyl (C=O) groups excluding carboxylic acids is 1. The summed E-state index contributed by atoms with van der Waals surface area (Å²) in [4.78, 5) is 35.0. The highest BCUT2D eigenvalue weighted by Gasteiger charge is 2.32. The number of nitrogens with one attached hydrogen (secondary N) is 2. The van der Waals surface area contributed by atoms with Crippen molar-refractivity contribution in [3.8, 4) is 0 Å². The van der Waals surface area contributed by atoms with Gasteiger partial charge in [0.1, 0.15) is 5.82 Å². The van der Waals surface area contributed by atoms with Gasteiger partial charge < -0.3 is 9.88 Å². The van der Waals surface area contributed by atoms with Crippen molar-refractivity contribution in [3.05, 3.63) is 70.4 Å². The molecule has 7 nitrogen and oxygen atoms in total. The minimum Gasteiger partial charge on any atom is -0.340 e. The van der Waals surface area contributed by atoms with Crippen molar-refractivity contribution in [1.82, 2.24) is 25.1 Å². The van der Waals surface area contributed by atoms with Crippen LogP contribution >= 0.6 is 0 Å². The molecular formula is C21H19N5O2. The first-order valence-corrected chi connectivity index (χ1v) is 9.41. The quantitative estimate of drug-likeness (QED) is 0.577. The number of nitrogens with zero attached hydrogens (tertiary/aromatic N) is 3. The van der Waals surface area contributed by atoms with Gasteiger partial charge in [-0.05, 0) is 31.0 Å². The van der Waals surface area contributed by atoms with Gasteiger partial charge in [0.2, 0.25) is 5.91 Å². The topological polar surface area (TPSA) is 94.7 Å². The fourth-order valence-electron chi connectivity index (χ4n) is 4.03. The molecule has 0 bridgehead atoms. The van der Waals surface area contributed by atoms with Gasteiger partial charge in [-0.25, -0.2) is 10.1 Å². The van der Waals surface area contributed by atoms with Crippen LogP contribution in [0.4, 0.5) is 0 Å². The third-order valence-corrected chi connectivity index (χ3v) is 5.39. The molecule has 7 heteroatoms. The number of rotatable bonds is 3. The van der Waals surface area contributed by atoms with E-state index in [-0.39, 0.29) is 23.9 Å². The SMILES string of the molecule is O=C(Cc1n[nH]c(=O)c2ccccc12)N1CCC[C@@H]1c1nc2ccccc2[nH]1. The number of hydrogen-bond acceptors (Lipinski definition) is 4. The highest BCUT2D eigenvalue weighted by Crippen LogP contribution is 2.32. The first-order chi connectivity index (χ1) is 13.7. The lowest BCUT2D eigenvalue weighted by Crippen LogP contribution is -2.33. The highest BCUT2D eigenvalue weighted by atomic mass is 16.2. The summed E-state index contributed by atoms with van der Waals surface area (Å²) in [6, 6.07) is 15.1. The van der Waals surface area contributed by atoms with E-state index in [9.17, 15) is 9.59 Å². The minimum atomic E-state index is -0.242. The molecular weight excluding hydrogens is 354 g/mol. The van der Waals surface area contributed by atoms with Gasteiger partial charge in [0.05, 0.1) is 34.6 Å². The first kappa shape index (κ1) is 16.7. The number of hydrogen-bond donors (Lipinski definition) is 2. The van der Waals surface area contributed by atoms with E-state index >= 15 is 0 Å². The molecule has 2 aromatic heterocycles. The Morgan fingerprint density at radius 2 is 1.89 bits per heavy atom. The van der Waals surface area contributed by atoms with E-state index in [0.717, 1.165) is 35.1 Å². The van der Waals surface area contributed by atoms with E-state index in [4.69, 9.17) is 0 Å². The number of carbonyl (C=O) groups is 1. The molecule has 28 heavy (non-hydrogen) atoms. The Bertz CT molecular complexity index is 1210. The van der Waals surface area contributed by atoms with Gasteiger partial charge in [0, 0.05) is 11.9 Å². The van der Waals surface area contributed by atoms with E-state index in [0.29, 0.717) is 17.6 Å². The Kier molecular flexibility index (Phi) is 3.93. The second-order valence-corrected chi connectivity index (χ2v) is 7.11. The molecule has 0 aliphatic carbocycles. The fourth-order valence-corrected chi connectivity index (χ4v) is 4.03. The molecule has 0 saturated carbocycles. The number of amides is 1. The number of H-pyrrole nitrogens is 2. The normalized spacial score (nSPS) is 16.9. The van der Waals surface area contributed by atoms with Gasteiger partial charge in [-0.3, -0.25) is 9.59 Å². The molecule has 2 N–H and O–H groups in total. The second-order valence-electron chi connectivity index (χ2n) is 7.11. The maximum absolute atomic E-state index is 13.1. The van der Waals surface area contributed by atoms with E-state index in [1.807, 2.05) is 41.3 Å². The third kappa shape index (κ3) is 2.76. The number of fused-ring (bicyclic) bond motifs is 2. The van der Waals surface area contributed by atoms with Crippen LogP contribution in [0.25, 0.3) is 21.8 Å². The van der Waals surface area contributed by atoms with E-state index in [1.165, 1.54) is 0 Å². The van der Waals surface area contributed by atoms with Crippen molar-refractivity contribution >= 4 is 27.7 Å². The smallest absolute Gasteiger partial charge is 0.272 e. The Morgan fingerprint density at radius 3 is 2.75 bits per heavy atom. The van der Waals surface area contributed by atoms with Crippen molar-refractivity contribution < 1.29 is 4.79 Å². The molecule has 140 valence electrons. The van der Waals surface area contributed by atoms with Crippen LogP contribution in [0.3, 0.4) is 0 Å². The Balaban J connectivity index is 1.45. The van der Waals surface area contributed by atoms with Crippen LogP contribution in [0.2, 0.25) is 0 Å². The molecule has 1 fully saturated rings. The lowest BCUT2D eigenvalue weighted by atomic mass is 10.1. The molecule has 3 heterocycles. The molecule has 0 radical (unpaired) electrons.